The number of esters is 1. The maximum Gasteiger partial charge on any atom is 0.307 e. The number of hydrogen-bond donors (Lipinski definition) is 2. The zero-order chi connectivity index (χ0) is 23.5. The molecule has 0 saturated carbocycles. The molecule has 2 atom stereocenters. The highest BCUT2D eigenvalue weighted by Crippen LogP contribution is 2.50. The first-order valence-electron chi connectivity index (χ1n) is 10.0. The van der Waals surface area contributed by atoms with Crippen molar-refractivity contribution in [3.63, 3.8) is 0 Å². The number of thioether (sulfide) groups is 1. The maximum atomic E-state index is 13.5. The van der Waals surface area contributed by atoms with Crippen molar-refractivity contribution in [2.24, 2.45) is 5.73 Å². The second kappa shape index (κ2) is 9.52. The Bertz CT molecular complexity index is 1200. The van der Waals surface area contributed by atoms with Crippen LogP contribution in [-0.4, -0.2) is 35.0 Å². The van der Waals surface area contributed by atoms with Crippen molar-refractivity contribution < 1.29 is 19.1 Å². The van der Waals surface area contributed by atoms with Gasteiger partial charge in [-0.2, -0.15) is 5.26 Å². The molecule has 2 aliphatic heterocycles. The van der Waals surface area contributed by atoms with Crippen LogP contribution in [0.2, 0.25) is 0 Å². The van der Waals surface area contributed by atoms with E-state index < -0.39 is 29.0 Å². The van der Waals surface area contributed by atoms with Crippen LogP contribution in [0.1, 0.15) is 22.8 Å². The quantitative estimate of drug-likeness (QED) is 0.609. The molecule has 168 valence electrons. The lowest BCUT2D eigenvalue weighted by Gasteiger charge is -2.31. The van der Waals surface area contributed by atoms with Gasteiger partial charge in [-0.3, -0.25) is 19.3 Å². The van der Waals surface area contributed by atoms with Crippen molar-refractivity contribution in [3.05, 3.63) is 80.3 Å². The fourth-order valence-electron chi connectivity index (χ4n) is 3.76. The van der Waals surface area contributed by atoms with Gasteiger partial charge in [-0.25, -0.2) is 0 Å². The Balaban J connectivity index is 1.78. The highest BCUT2D eigenvalue weighted by atomic mass is 32.2. The minimum absolute atomic E-state index is 0.0182. The summed E-state index contributed by atoms with van der Waals surface area (Å²) in [4.78, 5) is 40.4. The number of methoxy groups -OCH3 is 1. The zero-order valence-electron chi connectivity index (χ0n) is 17.6. The maximum absolute atomic E-state index is 13.5. The fraction of sp³-hybridized carbons (Fsp3) is 0.217. The highest BCUT2D eigenvalue weighted by molar-refractivity contribution is 8.04. The molecule has 10 heteroatoms. The van der Waals surface area contributed by atoms with Crippen molar-refractivity contribution >= 4 is 40.9 Å². The molecule has 4 rings (SSSR count). The van der Waals surface area contributed by atoms with Gasteiger partial charge in [0.15, 0.2) is 0 Å². The van der Waals surface area contributed by atoms with Gasteiger partial charge in [0.25, 0.3) is 5.91 Å². The topological polar surface area (TPSA) is 126 Å². The van der Waals surface area contributed by atoms with Crippen LogP contribution in [-0.2, 0) is 25.7 Å². The summed E-state index contributed by atoms with van der Waals surface area (Å²) in [5.41, 5.74) is 7.59. The third-order valence-electron chi connectivity index (χ3n) is 5.35. The lowest BCUT2D eigenvalue weighted by Crippen LogP contribution is -2.40. The average molecular weight is 481 g/mol. The van der Waals surface area contributed by atoms with Gasteiger partial charge in [-0.15, -0.1) is 11.3 Å². The predicted molar refractivity (Wildman–Crippen MR) is 124 cm³/mol. The number of allylic oxidation sites excluding steroid dienone is 1. The normalized spacial score (nSPS) is 19.9. The van der Waals surface area contributed by atoms with Crippen molar-refractivity contribution in [2.75, 3.05) is 7.11 Å². The second-order valence-corrected chi connectivity index (χ2v) is 9.48. The summed E-state index contributed by atoms with van der Waals surface area (Å²) in [7, 11) is 1.25. The first-order chi connectivity index (χ1) is 16.0. The molecular formula is C23H20N4O4S2. The predicted octanol–water partition coefficient (Wildman–Crippen LogP) is 2.57. The molecule has 3 N–H and O–H groups in total. The molecule has 0 bridgehead atoms. The summed E-state index contributed by atoms with van der Waals surface area (Å²) < 4.78 is 4.71. The lowest BCUT2D eigenvalue weighted by molar-refractivity contribution is -0.142. The summed E-state index contributed by atoms with van der Waals surface area (Å²) in [6, 6.07) is 15.2. The number of rotatable bonds is 6. The highest BCUT2D eigenvalue weighted by Gasteiger charge is 2.48. The SMILES string of the molecule is COC(=O)C[C@@H]1SC2=C(C(=O)NCc3ccccc3)[C@H](c3cccs3)C(C#N)=C(N)N2C1=O. The molecule has 0 spiro atoms. The first-order valence-corrected chi connectivity index (χ1v) is 11.8. The summed E-state index contributed by atoms with van der Waals surface area (Å²) in [5, 5.41) is 14.2. The van der Waals surface area contributed by atoms with E-state index >= 15 is 0 Å². The van der Waals surface area contributed by atoms with Gasteiger partial charge in [-0.05, 0) is 17.0 Å². The molecule has 0 unspecified atom stereocenters. The van der Waals surface area contributed by atoms with Crippen molar-refractivity contribution in [1.29, 1.82) is 5.26 Å². The summed E-state index contributed by atoms with van der Waals surface area (Å²) >= 11 is 2.49. The third kappa shape index (κ3) is 4.25. The van der Waals surface area contributed by atoms with Gasteiger partial charge in [0, 0.05) is 11.4 Å². The molecule has 0 aliphatic carbocycles. The van der Waals surface area contributed by atoms with Crippen LogP contribution in [0.3, 0.4) is 0 Å². The molecule has 33 heavy (non-hydrogen) atoms. The minimum Gasteiger partial charge on any atom is -0.469 e. The summed E-state index contributed by atoms with van der Waals surface area (Å²) in [5.74, 6) is -2.14. The van der Waals surface area contributed by atoms with Gasteiger partial charge in [0.1, 0.15) is 11.1 Å². The van der Waals surface area contributed by atoms with E-state index in [9.17, 15) is 19.6 Å². The molecule has 8 nitrogen and oxygen atoms in total. The zero-order valence-corrected chi connectivity index (χ0v) is 19.2. The standard InChI is InChI=1S/C23H20N4O4S2/c1-31-17(28)10-16-22(30)27-20(25)14(11-24)18(15-8-5-9-32-15)19(23(27)33-16)21(29)26-12-13-6-3-2-4-7-13/h2-9,16,18H,10,12,25H2,1H3,(H,26,29)/t16-,18-/m0/s1. The number of nitriles is 1. The van der Waals surface area contributed by atoms with Gasteiger partial charge >= 0.3 is 5.97 Å². The van der Waals surface area contributed by atoms with Crippen LogP contribution in [0.15, 0.2) is 69.8 Å². The van der Waals surface area contributed by atoms with Gasteiger partial charge in [0.05, 0.1) is 41.7 Å². The molecule has 1 aromatic heterocycles. The van der Waals surface area contributed by atoms with Crippen molar-refractivity contribution in [3.8, 4) is 6.07 Å². The van der Waals surface area contributed by atoms with Crippen LogP contribution in [0.5, 0.6) is 0 Å². The van der Waals surface area contributed by atoms with Crippen molar-refractivity contribution in [2.45, 2.75) is 24.1 Å². The number of nitrogens with zero attached hydrogens (tertiary/aromatic N) is 2. The first kappa shape index (κ1) is 22.6. The van der Waals surface area contributed by atoms with E-state index in [-0.39, 0.29) is 29.9 Å². The Morgan fingerprint density at radius 2 is 2.00 bits per heavy atom. The molecule has 2 aromatic rings. The van der Waals surface area contributed by atoms with Gasteiger partial charge in [0.2, 0.25) is 5.91 Å². The number of benzene rings is 1. The van der Waals surface area contributed by atoms with Crippen LogP contribution in [0.25, 0.3) is 0 Å². The number of nitrogens with one attached hydrogen (secondary N) is 1. The molecule has 2 aliphatic rings. The van der Waals surface area contributed by atoms with E-state index in [4.69, 9.17) is 10.5 Å². The monoisotopic (exact) mass is 480 g/mol. The minimum atomic E-state index is -0.801. The smallest absolute Gasteiger partial charge is 0.307 e. The fourth-order valence-corrected chi connectivity index (χ4v) is 5.93. The van der Waals surface area contributed by atoms with E-state index in [0.29, 0.717) is 5.03 Å². The Kier molecular flexibility index (Phi) is 6.53. The van der Waals surface area contributed by atoms with Crippen LogP contribution < -0.4 is 11.1 Å². The largest absolute Gasteiger partial charge is 0.469 e. The Hall–Kier alpha value is -3.55. The Labute approximate surface area is 198 Å². The number of nitrogens with two attached hydrogens (primary N) is 1. The number of thiophene rings is 1. The van der Waals surface area contributed by atoms with Crippen LogP contribution >= 0.6 is 23.1 Å². The number of carbonyl (C=O) groups excluding carboxylic acids is 3. The molecule has 0 radical (unpaired) electrons. The summed E-state index contributed by atoms with van der Waals surface area (Å²) in [6.07, 6.45) is -0.169. The number of hydrogen-bond acceptors (Lipinski definition) is 8. The lowest BCUT2D eigenvalue weighted by atomic mass is 9.87. The van der Waals surface area contributed by atoms with E-state index in [1.165, 1.54) is 23.3 Å². The van der Waals surface area contributed by atoms with Crippen molar-refractivity contribution in [1.82, 2.24) is 10.2 Å². The van der Waals surface area contributed by atoms with E-state index in [1.807, 2.05) is 47.8 Å². The molecular weight excluding hydrogens is 460 g/mol. The number of carbonyl (C=O) groups is 3. The van der Waals surface area contributed by atoms with Gasteiger partial charge in [-0.1, -0.05) is 48.2 Å². The molecule has 2 amide bonds. The summed E-state index contributed by atoms with van der Waals surface area (Å²) in [6.45, 7) is 0.277. The van der Waals surface area contributed by atoms with E-state index in [2.05, 4.69) is 11.4 Å². The van der Waals surface area contributed by atoms with Gasteiger partial charge < -0.3 is 15.8 Å². The average Bonchev–Trinajstić information content (AvgIpc) is 3.46. The Morgan fingerprint density at radius 1 is 1.24 bits per heavy atom. The molecule has 1 aromatic carbocycles. The molecule has 1 fully saturated rings. The van der Waals surface area contributed by atoms with E-state index in [0.717, 1.165) is 22.2 Å². The number of ether oxygens (including phenoxy) is 1. The number of fused-ring (bicyclic) bond motifs is 1. The van der Waals surface area contributed by atoms with Crippen LogP contribution in [0.4, 0.5) is 0 Å². The van der Waals surface area contributed by atoms with E-state index in [1.54, 1.807) is 0 Å². The Morgan fingerprint density at radius 3 is 2.64 bits per heavy atom. The second-order valence-electron chi connectivity index (χ2n) is 7.31. The molecule has 3 heterocycles. The molecule has 1 saturated heterocycles. The van der Waals surface area contributed by atoms with Crippen LogP contribution in [0, 0.1) is 11.3 Å². The third-order valence-corrected chi connectivity index (χ3v) is 7.56. The number of amides is 2.